The monoisotopic (exact) mass is 405 g/mol. The summed E-state index contributed by atoms with van der Waals surface area (Å²) in [5.41, 5.74) is 1.24. The lowest BCUT2D eigenvalue weighted by atomic mass is 10.0. The SMILES string of the molecule is CCC[C@@H](c1cc2ccc(Br)cc2c(=O)n1C)N1CCCN(C)CC1. The molecule has 0 spiro atoms. The van der Waals surface area contributed by atoms with E-state index in [1.807, 2.05) is 29.8 Å². The van der Waals surface area contributed by atoms with Gasteiger partial charge in [0.1, 0.15) is 0 Å². The van der Waals surface area contributed by atoms with Crippen LogP contribution in [0.4, 0.5) is 0 Å². The van der Waals surface area contributed by atoms with Crippen LogP contribution in [0.1, 0.15) is 37.9 Å². The summed E-state index contributed by atoms with van der Waals surface area (Å²) < 4.78 is 2.81. The second kappa shape index (κ2) is 8.02. The first-order chi connectivity index (χ1) is 12.0. The maximum atomic E-state index is 12.9. The van der Waals surface area contributed by atoms with Crippen molar-refractivity contribution in [3.8, 4) is 0 Å². The summed E-state index contributed by atoms with van der Waals surface area (Å²) >= 11 is 3.48. The highest BCUT2D eigenvalue weighted by Gasteiger charge is 2.24. The van der Waals surface area contributed by atoms with Crippen molar-refractivity contribution in [1.29, 1.82) is 0 Å². The molecule has 1 fully saturated rings. The maximum absolute atomic E-state index is 12.9. The zero-order valence-electron chi connectivity index (χ0n) is 15.5. The Labute approximate surface area is 158 Å². The second-order valence-corrected chi connectivity index (χ2v) is 8.08. The fraction of sp³-hybridized carbons (Fsp3) is 0.550. The Kier molecular flexibility index (Phi) is 5.97. The van der Waals surface area contributed by atoms with E-state index in [-0.39, 0.29) is 5.56 Å². The normalized spacial score (nSPS) is 18.4. The van der Waals surface area contributed by atoms with E-state index in [1.54, 1.807) is 0 Å². The number of hydrogen-bond acceptors (Lipinski definition) is 3. The molecule has 1 aliphatic rings. The lowest BCUT2D eigenvalue weighted by molar-refractivity contribution is 0.185. The summed E-state index contributed by atoms with van der Waals surface area (Å²) in [5.74, 6) is 0. The van der Waals surface area contributed by atoms with Crippen LogP contribution in [0.3, 0.4) is 0 Å². The highest BCUT2D eigenvalue weighted by molar-refractivity contribution is 9.10. The van der Waals surface area contributed by atoms with E-state index in [0.717, 1.165) is 60.0 Å². The van der Waals surface area contributed by atoms with Crippen LogP contribution in [0.25, 0.3) is 10.8 Å². The first kappa shape index (κ1) is 18.6. The minimum Gasteiger partial charge on any atom is -0.314 e. The molecule has 0 amide bonds. The third-order valence-electron chi connectivity index (χ3n) is 5.34. The van der Waals surface area contributed by atoms with Crippen LogP contribution in [0.15, 0.2) is 33.5 Å². The minimum absolute atomic E-state index is 0.0989. The largest absolute Gasteiger partial charge is 0.314 e. The molecule has 3 rings (SSSR count). The smallest absolute Gasteiger partial charge is 0.258 e. The van der Waals surface area contributed by atoms with Gasteiger partial charge in [-0.05, 0) is 50.0 Å². The summed E-state index contributed by atoms with van der Waals surface area (Å²) in [5, 5.41) is 1.82. The molecule has 1 aromatic carbocycles. The van der Waals surface area contributed by atoms with Crippen LogP contribution in [-0.4, -0.2) is 47.6 Å². The molecule has 1 aliphatic heterocycles. The molecule has 4 nitrogen and oxygen atoms in total. The van der Waals surface area contributed by atoms with Crippen molar-refractivity contribution in [2.24, 2.45) is 7.05 Å². The van der Waals surface area contributed by atoms with Gasteiger partial charge < -0.3 is 9.47 Å². The number of nitrogens with zero attached hydrogens (tertiary/aromatic N) is 3. The highest BCUT2D eigenvalue weighted by atomic mass is 79.9. The van der Waals surface area contributed by atoms with E-state index in [1.165, 1.54) is 6.42 Å². The zero-order chi connectivity index (χ0) is 18.0. The van der Waals surface area contributed by atoms with Crippen LogP contribution < -0.4 is 5.56 Å². The van der Waals surface area contributed by atoms with Gasteiger partial charge in [-0.25, -0.2) is 0 Å². The number of hydrogen-bond donors (Lipinski definition) is 0. The third kappa shape index (κ3) is 3.99. The summed E-state index contributed by atoms with van der Waals surface area (Å²) in [4.78, 5) is 17.9. The quantitative estimate of drug-likeness (QED) is 0.774. The summed E-state index contributed by atoms with van der Waals surface area (Å²) in [6, 6.07) is 8.52. The van der Waals surface area contributed by atoms with Gasteiger partial charge in [0.15, 0.2) is 0 Å². The number of likely N-dealkylation sites (N-methyl/N-ethyl adjacent to an activating group) is 1. The minimum atomic E-state index is 0.0989. The molecule has 1 atom stereocenters. The van der Waals surface area contributed by atoms with Crippen LogP contribution in [-0.2, 0) is 7.05 Å². The van der Waals surface area contributed by atoms with Gasteiger partial charge in [-0.15, -0.1) is 0 Å². The maximum Gasteiger partial charge on any atom is 0.258 e. The average molecular weight is 406 g/mol. The van der Waals surface area contributed by atoms with Gasteiger partial charge in [-0.3, -0.25) is 9.69 Å². The van der Waals surface area contributed by atoms with Crippen molar-refractivity contribution >= 4 is 26.7 Å². The van der Waals surface area contributed by atoms with Crippen molar-refractivity contribution < 1.29 is 0 Å². The first-order valence-electron chi connectivity index (χ1n) is 9.23. The van der Waals surface area contributed by atoms with Crippen molar-refractivity contribution in [3.63, 3.8) is 0 Å². The summed E-state index contributed by atoms with van der Waals surface area (Å²) in [6.07, 6.45) is 3.38. The first-order valence-corrected chi connectivity index (χ1v) is 10.0. The molecule has 5 heteroatoms. The number of pyridine rings is 1. The molecular formula is C20H28BrN3O. The van der Waals surface area contributed by atoms with Gasteiger partial charge in [-0.1, -0.05) is 35.3 Å². The molecule has 2 heterocycles. The Morgan fingerprint density at radius 2 is 1.92 bits per heavy atom. The van der Waals surface area contributed by atoms with Gasteiger partial charge in [0.2, 0.25) is 0 Å². The van der Waals surface area contributed by atoms with E-state index in [4.69, 9.17) is 0 Å². The van der Waals surface area contributed by atoms with E-state index >= 15 is 0 Å². The van der Waals surface area contributed by atoms with E-state index in [0.29, 0.717) is 6.04 Å². The van der Waals surface area contributed by atoms with Gasteiger partial charge in [0, 0.05) is 42.2 Å². The number of fused-ring (bicyclic) bond motifs is 1. The van der Waals surface area contributed by atoms with Crippen LogP contribution in [0.2, 0.25) is 0 Å². The van der Waals surface area contributed by atoms with Crippen LogP contribution in [0, 0.1) is 0 Å². The second-order valence-electron chi connectivity index (χ2n) is 7.16. The Hall–Kier alpha value is -1.17. The van der Waals surface area contributed by atoms with Gasteiger partial charge in [0.25, 0.3) is 5.56 Å². The van der Waals surface area contributed by atoms with E-state index < -0.39 is 0 Å². The molecule has 0 aliphatic carbocycles. The standard InChI is InChI=1S/C20H28BrN3O/c1-4-6-18(24-10-5-9-22(2)11-12-24)19-13-15-7-8-16(21)14-17(15)20(25)23(19)3/h7-8,13-14,18H,4-6,9-12H2,1-3H3/t18-/m0/s1. The number of benzene rings is 1. The average Bonchev–Trinajstić information content (AvgIpc) is 2.81. The summed E-state index contributed by atoms with van der Waals surface area (Å²) in [7, 11) is 4.12. The van der Waals surface area contributed by atoms with Crippen molar-refractivity contribution in [3.05, 3.63) is 44.8 Å². The molecule has 2 aromatic rings. The van der Waals surface area contributed by atoms with Crippen LogP contribution >= 0.6 is 15.9 Å². The van der Waals surface area contributed by atoms with Gasteiger partial charge in [0.05, 0.1) is 6.04 Å². The molecule has 25 heavy (non-hydrogen) atoms. The Morgan fingerprint density at radius 1 is 1.12 bits per heavy atom. The molecule has 136 valence electrons. The highest BCUT2D eigenvalue weighted by Crippen LogP contribution is 2.28. The third-order valence-corrected chi connectivity index (χ3v) is 5.83. The molecule has 0 N–H and O–H groups in total. The Bertz CT molecular complexity index is 801. The molecule has 0 saturated carbocycles. The molecule has 1 saturated heterocycles. The van der Waals surface area contributed by atoms with Gasteiger partial charge >= 0.3 is 0 Å². The van der Waals surface area contributed by atoms with Crippen molar-refractivity contribution in [1.82, 2.24) is 14.4 Å². The number of aromatic nitrogens is 1. The summed E-state index contributed by atoms with van der Waals surface area (Å²) in [6.45, 7) is 6.64. The molecule has 0 unspecified atom stereocenters. The van der Waals surface area contributed by atoms with Crippen molar-refractivity contribution in [2.45, 2.75) is 32.2 Å². The fourth-order valence-electron chi connectivity index (χ4n) is 3.88. The molecule has 0 bridgehead atoms. The molecule has 1 aromatic heterocycles. The lowest BCUT2D eigenvalue weighted by Crippen LogP contribution is -2.35. The Balaban J connectivity index is 2.05. The van der Waals surface area contributed by atoms with Crippen LogP contribution in [0.5, 0.6) is 0 Å². The number of halogens is 1. The fourth-order valence-corrected chi connectivity index (χ4v) is 4.24. The zero-order valence-corrected chi connectivity index (χ0v) is 17.1. The van der Waals surface area contributed by atoms with E-state index in [2.05, 4.69) is 45.8 Å². The predicted molar refractivity (Wildman–Crippen MR) is 108 cm³/mol. The Morgan fingerprint density at radius 3 is 2.68 bits per heavy atom. The van der Waals surface area contributed by atoms with E-state index in [9.17, 15) is 4.79 Å². The predicted octanol–water partition coefficient (Wildman–Crippen LogP) is 3.78. The lowest BCUT2D eigenvalue weighted by Gasteiger charge is -2.32. The van der Waals surface area contributed by atoms with Crippen molar-refractivity contribution in [2.75, 3.05) is 33.2 Å². The topological polar surface area (TPSA) is 28.5 Å². The molecular weight excluding hydrogens is 378 g/mol. The van der Waals surface area contributed by atoms with Gasteiger partial charge in [-0.2, -0.15) is 0 Å². The number of rotatable bonds is 4. The molecule has 0 radical (unpaired) electrons.